The third-order valence-corrected chi connectivity index (χ3v) is 2.69. The van der Waals surface area contributed by atoms with Gasteiger partial charge < -0.3 is 0 Å². The number of halogens is 6. The molecule has 0 saturated heterocycles. The van der Waals surface area contributed by atoms with E-state index in [-0.39, 0.29) is 0 Å². The van der Waals surface area contributed by atoms with E-state index < -0.39 is 19.6 Å². The minimum absolute atomic E-state index is 0.365. The molecule has 13 heteroatoms. The van der Waals surface area contributed by atoms with Gasteiger partial charge in [-0.3, -0.25) is 14.4 Å². The van der Waals surface area contributed by atoms with Gasteiger partial charge in [0.05, 0.1) is 39.3 Å². The van der Waals surface area contributed by atoms with Crippen LogP contribution in [-0.2, 0) is 4.84 Å². The van der Waals surface area contributed by atoms with Crippen LogP contribution in [0.25, 0.3) is 0 Å². The van der Waals surface area contributed by atoms with Crippen LogP contribution in [0.5, 0.6) is 0 Å². The van der Waals surface area contributed by atoms with Gasteiger partial charge in [0.1, 0.15) is 0 Å². The van der Waals surface area contributed by atoms with Gasteiger partial charge in [0.2, 0.25) is 0 Å². The molecule has 1 aromatic carbocycles. The molecule has 1 aliphatic rings. The maximum absolute atomic E-state index is 12.1. The maximum atomic E-state index is 12.1. The molecular formula is C13H16F6N3O3P. The van der Waals surface area contributed by atoms with Crippen LogP contribution < -0.4 is 0 Å². The second-order valence-electron chi connectivity index (χ2n) is 5.57. The molecule has 0 N–H and O–H groups in total. The van der Waals surface area contributed by atoms with Crippen LogP contribution >= 0.6 is 7.81 Å². The first-order valence-corrected chi connectivity index (χ1v) is 8.85. The summed E-state index contributed by atoms with van der Waals surface area (Å²) in [6.45, 7) is 0. The third-order valence-electron chi connectivity index (χ3n) is 2.69. The van der Waals surface area contributed by atoms with Gasteiger partial charge in [-0.1, -0.05) is 17.2 Å². The Hall–Kier alpha value is -2.36. The molecule has 0 saturated carbocycles. The van der Waals surface area contributed by atoms with Crippen molar-refractivity contribution in [3.8, 4) is 0 Å². The number of nitrogens with zero attached hydrogens (tertiary/aromatic N) is 3. The van der Waals surface area contributed by atoms with E-state index in [1.165, 1.54) is 0 Å². The Labute approximate surface area is 144 Å². The number of hydrogen-bond acceptors (Lipinski definition) is 3. The molecule has 26 heavy (non-hydrogen) atoms. The van der Waals surface area contributed by atoms with Gasteiger partial charge in [-0.25, -0.2) is 9.48 Å². The summed E-state index contributed by atoms with van der Waals surface area (Å²) in [7, 11) is -3.57. The van der Waals surface area contributed by atoms with Crippen molar-refractivity contribution < 1.29 is 44.2 Å². The predicted octanol–water partition coefficient (Wildman–Crippen LogP) is 3.79. The van der Waals surface area contributed by atoms with Crippen LogP contribution in [0.2, 0.25) is 0 Å². The van der Waals surface area contributed by atoms with Crippen molar-refractivity contribution in [1.29, 1.82) is 0 Å². The van der Waals surface area contributed by atoms with E-state index in [1.807, 2.05) is 0 Å². The molecule has 0 aliphatic carbocycles. The number of amidine groups is 1. The average molecular weight is 407 g/mol. The molecule has 2 rings (SSSR count). The average Bonchev–Trinajstić information content (AvgIpc) is 2.65. The van der Waals surface area contributed by atoms with Gasteiger partial charge in [0.15, 0.2) is 0 Å². The van der Waals surface area contributed by atoms with Crippen molar-refractivity contribution in [2.75, 3.05) is 28.2 Å². The van der Waals surface area contributed by atoms with E-state index >= 15 is 0 Å². The minimum atomic E-state index is -10.7. The number of benzene rings is 1. The Morgan fingerprint density at radius 1 is 0.962 bits per heavy atom. The number of amides is 2. The Balaban J connectivity index is 0.000000412. The molecule has 0 fully saturated rings. The molecule has 2 amide bonds. The van der Waals surface area contributed by atoms with E-state index in [0.29, 0.717) is 17.1 Å². The number of fused-ring (bicyclic) bond motifs is 1. The third kappa shape index (κ3) is 6.87. The number of carbonyl (C=O) groups is 2. The van der Waals surface area contributed by atoms with Crippen molar-refractivity contribution in [3.05, 3.63) is 35.4 Å². The van der Waals surface area contributed by atoms with Gasteiger partial charge in [-0.2, -0.15) is 0 Å². The van der Waals surface area contributed by atoms with Crippen molar-refractivity contribution in [2.45, 2.75) is 0 Å². The molecule has 0 aromatic heterocycles. The number of hydroxylamine groups is 2. The van der Waals surface area contributed by atoms with Crippen LogP contribution in [0, 0.1) is 0 Å². The zero-order valence-electron chi connectivity index (χ0n) is 14.1. The second-order valence-corrected chi connectivity index (χ2v) is 7.49. The second kappa shape index (κ2) is 6.11. The Bertz CT molecular complexity index is 726. The molecule has 0 spiro atoms. The molecule has 0 atom stereocenters. The van der Waals surface area contributed by atoms with E-state index in [0.717, 1.165) is 5.06 Å². The summed E-state index contributed by atoms with van der Waals surface area (Å²) in [6, 6.07) is 7.06. The fraction of sp³-hybridized carbons (Fsp3) is 0.308. The number of rotatable bonds is 1. The molecule has 1 aromatic rings. The fourth-order valence-corrected chi connectivity index (χ4v) is 1.89. The standard InChI is InChI=1S/C13H16N3O3.F6P/c1-14(2)13(15(3)4)19-16-11(17)9-7-5-6-8-10(9)12(16)18;1-7(2,3,4,5)6/h5-8H,1-4H3;/q+1;-1. The van der Waals surface area contributed by atoms with E-state index in [1.54, 1.807) is 61.9 Å². The molecule has 1 aliphatic heterocycles. The van der Waals surface area contributed by atoms with Crippen molar-refractivity contribution >= 4 is 25.6 Å². The summed E-state index contributed by atoms with van der Waals surface area (Å²) < 4.78 is 60.9. The van der Waals surface area contributed by atoms with Crippen molar-refractivity contribution in [3.63, 3.8) is 0 Å². The van der Waals surface area contributed by atoms with Crippen LogP contribution in [0.3, 0.4) is 0 Å². The molecule has 0 bridgehead atoms. The SMILES string of the molecule is CN(C)C(ON1C(=O)c2ccccc2C1=O)=[N+](C)C.F[P-](F)(F)(F)(F)F. The predicted molar refractivity (Wildman–Crippen MR) is 82.4 cm³/mol. The van der Waals surface area contributed by atoms with Crippen LogP contribution in [-0.4, -0.2) is 60.6 Å². The summed E-state index contributed by atoms with van der Waals surface area (Å²) in [5.74, 6) is -0.886. The summed E-state index contributed by atoms with van der Waals surface area (Å²) in [4.78, 5) is 31.4. The summed E-state index contributed by atoms with van der Waals surface area (Å²) in [5.41, 5.74) is 0.730. The monoisotopic (exact) mass is 407 g/mol. The van der Waals surface area contributed by atoms with Gasteiger partial charge in [-0.15, -0.1) is 0 Å². The Kier molecular flexibility index (Phi) is 5.10. The van der Waals surface area contributed by atoms with Crippen LogP contribution in [0.4, 0.5) is 25.2 Å². The number of hydrogen-bond donors (Lipinski definition) is 0. The first kappa shape index (κ1) is 21.7. The van der Waals surface area contributed by atoms with Gasteiger partial charge in [0, 0.05) is 0 Å². The van der Waals surface area contributed by atoms with Gasteiger partial charge in [0.25, 0.3) is 11.8 Å². The summed E-state index contributed by atoms with van der Waals surface area (Å²) in [5, 5.41) is 0.792. The van der Waals surface area contributed by atoms with Gasteiger partial charge in [-0.05, 0) is 12.1 Å². The molecule has 1 heterocycles. The number of imide groups is 1. The van der Waals surface area contributed by atoms with E-state index in [4.69, 9.17) is 4.84 Å². The van der Waals surface area contributed by atoms with Crippen molar-refractivity contribution in [2.24, 2.45) is 0 Å². The topological polar surface area (TPSA) is 52.9 Å². The zero-order chi connectivity index (χ0) is 20.6. The quantitative estimate of drug-likeness (QED) is 0.178. The number of carbonyl (C=O) groups excluding carboxylic acids is 2. The molecule has 0 radical (unpaired) electrons. The first-order chi connectivity index (χ1) is 11.4. The molecule has 148 valence electrons. The van der Waals surface area contributed by atoms with Crippen LogP contribution in [0.1, 0.15) is 20.7 Å². The summed E-state index contributed by atoms with van der Waals surface area (Å²) >= 11 is 0. The first-order valence-electron chi connectivity index (χ1n) is 6.82. The Morgan fingerprint density at radius 3 is 1.58 bits per heavy atom. The Morgan fingerprint density at radius 2 is 1.31 bits per heavy atom. The van der Waals surface area contributed by atoms with Crippen LogP contribution in [0.15, 0.2) is 24.3 Å². The molecule has 0 unspecified atom stereocenters. The molecule has 6 nitrogen and oxygen atoms in total. The van der Waals surface area contributed by atoms with E-state index in [9.17, 15) is 34.8 Å². The fourth-order valence-electron chi connectivity index (χ4n) is 1.89. The zero-order valence-corrected chi connectivity index (χ0v) is 15.0. The normalized spacial score (nSPS) is 16.0. The van der Waals surface area contributed by atoms with Crippen molar-refractivity contribution in [1.82, 2.24) is 9.96 Å². The summed E-state index contributed by atoms with van der Waals surface area (Å²) in [6.07, 6.45) is 0. The molecular weight excluding hydrogens is 391 g/mol. The van der Waals surface area contributed by atoms with E-state index in [2.05, 4.69) is 0 Å². The van der Waals surface area contributed by atoms with Gasteiger partial charge >= 0.3 is 39.0 Å².